The fourth-order valence-corrected chi connectivity index (χ4v) is 2.87. The molecule has 3 rings (SSSR count). The summed E-state index contributed by atoms with van der Waals surface area (Å²) in [6.45, 7) is 7.46. The lowest BCUT2D eigenvalue weighted by Crippen LogP contribution is -2.22. The number of aromatic nitrogens is 2. The van der Waals surface area contributed by atoms with Gasteiger partial charge in [0, 0.05) is 17.9 Å². The van der Waals surface area contributed by atoms with Gasteiger partial charge in [0.2, 0.25) is 0 Å². The third-order valence-corrected chi connectivity index (χ3v) is 4.27. The van der Waals surface area contributed by atoms with E-state index in [2.05, 4.69) is 30.2 Å². The SMILES string of the molecule is CC.CSc1cc2c(COC3CCCCO3)ccc(C)n2n1. The molecule has 0 radical (unpaired) electrons. The van der Waals surface area contributed by atoms with Gasteiger partial charge in [0.1, 0.15) is 5.03 Å². The van der Waals surface area contributed by atoms with Crippen molar-refractivity contribution in [3.8, 4) is 0 Å². The highest BCUT2D eigenvalue weighted by atomic mass is 32.2. The number of pyridine rings is 1. The summed E-state index contributed by atoms with van der Waals surface area (Å²) >= 11 is 1.66. The lowest BCUT2D eigenvalue weighted by Gasteiger charge is -2.22. The number of hydrogen-bond donors (Lipinski definition) is 0. The smallest absolute Gasteiger partial charge is 0.158 e. The lowest BCUT2D eigenvalue weighted by molar-refractivity contribution is -0.168. The van der Waals surface area contributed by atoms with Crippen molar-refractivity contribution in [2.45, 2.75) is 58.0 Å². The Morgan fingerprint density at radius 2 is 2.18 bits per heavy atom. The fraction of sp³-hybridized carbons (Fsp3) is 0.588. The van der Waals surface area contributed by atoms with Crippen LogP contribution in [0.2, 0.25) is 0 Å². The lowest BCUT2D eigenvalue weighted by atomic mass is 10.2. The van der Waals surface area contributed by atoms with Crippen LogP contribution < -0.4 is 0 Å². The third-order valence-electron chi connectivity index (χ3n) is 3.65. The molecule has 1 unspecified atom stereocenters. The average molecular weight is 322 g/mol. The highest BCUT2D eigenvalue weighted by molar-refractivity contribution is 7.98. The summed E-state index contributed by atoms with van der Waals surface area (Å²) < 4.78 is 13.5. The maximum Gasteiger partial charge on any atom is 0.158 e. The van der Waals surface area contributed by atoms with Crippen molar-refractivity contribution >= 4 is 17.3 Å². The second-order valence-electron chi connectivity index (χ2n) is 5.09. The first-order valence-electron chi connectivity index (χ1n) is 8.03. The Hall–Kier alpha value is -1.04. The minimum atomic E-state index is -0.0481. The number of thioether (sulfide) groups is 1. The average Bonchev–Trinajstić information content (AvgIpc) is 3.02. The predicted molar refractivity (Wildman–Crippen MR) is 91.4 cm³/mol. The maximum atomic E-state index is 5.89. The van der Waals surface area contributed by atoms with Gasteiger partial charge in [0.15, 0.2) is 6.29 Å². The minimum absolute atomic E-state index is 0.0481. The van der Waals surface area contributed by atoms with E-state index < -0.39 is 0 Å². The van der Waals surface area contributed by atoms with Crippen LogP contribution in [0.15, 0.2) is 23.2 Å². The molecule has 1 saturated heterocycles. The molecule has 0 aromatic carbocycles. The number of nitrogens with zero attached hydrogens (tertiary/aromatic N) is 2. The van der Waals surface area contributed by atoms with Gasteiger partial charge in [-0.25, -0.2) is 4.52 Å². The molecule has 0 spiro atoms. The van der Waals surface area contributed by atoms with E-state index in [1.165, 1.54) is 6.42 Å². The van der Waals surface area contributed by atoms with E-state index in [1.54, 1.807) is 11.8 Å². The van der Waals surface area contributed by atoms with Crippen molar-refractivity contribution in [1.82, 2.24) is 9.61 Å². The topological polar surface area (TPSA) is 35.8 Å². The van der Waals surface area contributed by atoms with E-state index in [4.69, 9.17) is 9.47 Å². The zero-order chi connectivity index (χ0) is 15.9. The van der Waals surface area contributed by atoms with Crippen LogP contribution in [0.1, 0.15) is 44.4 Å². The van der Waals surface area contributed by atoms with E-state index in [-0.39, 0.29) is 6.29 Å². The second kappa shape index (κ2) is 8.56. The van der Waals surface area contributed by atoms with Crippen LogP contribution in [-0.4, -0.2) is 28.8 Å². The van der Waals surface area contributed by atoms with Crippen LogP contribution >= 0.6 is 11.8 Å². The van der Waals surface area contributed by atoms with Gasteiger partial charge in [0.05, 0.1) is 12.1 Å². The van der Waals surface area contributed by atoms with Gasteiger partial charge < -0.3 is 9.47 Å². The standard InChI is InChI=1S/C15H20N2O2S.C2H6/c1-11-6-7-12(10-19-15-5-3-4-8-18-15)13-9-14(20-2)16-17(11)13;1-2/h6-7,9,15H,3-5,8,10H2,1-2H3;1-2H3. The fourth-order valence-electron chi connectivity index (χ4n) is 2.48. The van der Waals surface area contributed by atoms with Crippen LogP contribution in [0, 0.1) is 6.92 Å². The van der Waals surface area contributed by atoms with Crippen molar-refractivity contribution < 1.29 is 9.47 Å². The Labute approximate surface area is 137 Å². The number of ether oxygens (including phenoxy) is 2. The number of aryl methyl sites for hydroxylation is 1. The van der Waals surface area contributed by atoms with Crippen molar-refractivity contribution in [2.75, 3.05) is 12.9 Å². The molecule has 0 bridgehead atoms. The van der Waals surface area contributed by atoms with Crippen LogP contribution in [0.3, 0.4) is 0 Å². The second-order valence-corrected chi connectivity index (χ2v) is 5.92. The number of fused-ring (bicyclic) bond motifs is 1. The van der Waals surface area contributed by atoms with E-state index in [0.29, 0.717) is 6.61 Å². The molecule has 3 heterocycles. The molecular weight excluding hydrogens is 296 g/mol. The van der Waals surface area contributed by atoms with Gasteiger partial charge in [-0.2, -0.15) is 5.10 Å². The minimum Gasteiger partial charge on any atom is -0.353 e. The van der Waals surface area contributed by atoms with E-state index in [9.17, 15) is 0 Å². The maximum absolute atomic E-state index is 5.89. The monoisotopic (exact) mass is 322 g/mol. The summed E-state index contributed by atoms with van der Waals surface area (Å²) in [5.74, 6) is 0. The normalized spacial score (nSPS) is 18.1. The van der Waals surface area contributed by atoms with E-state index in [1.807, 2.05) is 24.6 Å². The van der Waals surface area contributed by atoms with Gasteiger partial charge in [-0.05, 0) is 44.6 Å². The van der Waals surface area contributed by atoms with Gasteiger partial charge >= 0.3 is 0 Å². The summed E-state index contributed by atoms with van der Waals surface area (Å²) in [6, 6.07) is 6.34. The first-order chi connectivity index (χ1) is 10.8. The molecule has 122 valence electrons. The summed E-state index contributed by atoms with van der Waals surface area (Å²) in [6.07, 6.45) is 5.33. The molecular formula is C17H26N2O2S. The highest BCUT2D eigenvalue weighted by Gasteiger charge is 2.15. The molecule has 0 N–H and O–H groups in total. The van der Waals surface area contributed by atoms with Gasteiger partial charge in [-0.1, -0.05) is 19.9 Å². The van der Waals surface area contributed by atoms with Crippen molar-refractivity contribution in [2.24, 2.45) is 0 Å². The van der Waals surface area contributed by atoms with Gasteiger partial charge in [-0.3, -0.25) is 0 Å². The first kappa shape index (κ1) is 17.3. The molecule has 5 heteroatoms. The predicted octanol–water partition coefficient (Wildman–Crippen LogP) is 4.43. The molecule has 2 aromatic heterocycles. The third kappa shape index (κ3) is 4.03. The molecule has 0 saturated carbocycles. The van der Waals surface area contributed by atoms with Crippen molar-refractivity contribution in [3.05, 3.63) is 29.5 Å². The molecule has 1 fully saturated rings. The van der Waals surface area contributed by atoms with Gasteiger partial charge in [-0.15, -0.1) is 11.8 Å². The number of rotatable bonds is 4. The molecule has 1 aliphatic heterocycles. The number of hydrogen-bond acceptors (Lipinski definition) is 4. The first-order valence-corrected chi connectivity index (χ1v) is 9.26. The van der Waals surface area contributed by atoms with Crippen LogP contribution in [0.25, 0.3) is 5.52 Å². The van der Waals surface area contributed by atoms with Crippen molar-refractivity contribution in [3.63, 3.8) is 0 Å². The molecule has 0 amide bonds. The zero-order valence-corrected chi connectivity index (χ0v) is 14.8. The molecule has 0 aliphatic carbocycles. The quantitative estimate of drug-likeness (QED) is 0.780. The zero-order valence-electron chi connectivity index (χ0n) is 14.0. The van der Waals surface area contributed by atoms with E-state index in [0.717, 1.165) is 41.2 Å². The van der Waals surface area contributed by atoms with E-state index >= 15 is 0 Å². The molecule has 1 atom stereocenters. The molecule has 1 aliphatic rings. The van der Waals surface area contributed by atoms with Gasteiger partial charge in [0.25, 0.3) is 0 Å². The Kier molecular flexibility index (Phi) is 6.73. The largest absolute Gasteiger partial charge is 0.353 e. The summed E-state index contributed by atoms with van der Waals surface area (Å²) in [5, 5.41) is 5.62. The van der Waals surface area contributed by atoms with Crippen molar-refractivity contribution in [1.29, 1.82) is 0 Å². The molecule has 2 aromatic rings. The Balaban J connectivity index is 0.000000847. The summed E-state index contributed by atoms with van der Waals surface area (Å²) in [7, 11) is 0. The Morgan fingerprint density at radius 3 is 2.86 bits per heavy atom. The summed E-state index contributed by atoms with van der Waals surface area (Å²) in [5.41, 5.74) is 3.43. The molecule has 22 heavy (non-hydrogen) atoms. The summed E-state index contributed by atoms with van der Waals surface area (Å²) in [4.78, 5) is 0. The Morgan fingerprint density at radius 1 is 1.36 bits per heavy atom. The Bertz CT molecular complexity index is 592. The van der Waals surface area contributed by atoms with Crippen LogP contribution in [0.4, 0.5) is 0 Å². The molecule has 4 nitrogen and oxygen atoms in total. The highest BCUT2D eigenvalue weighted by Crippen LogP contribution is 2.22. The van der Waals surface area contributed by atoms with Crippen LogP contribution in [-0.2, 0) is 16.1 Å². The van der Waals surface area contributed by atoms with Crippen LogP contribution in [0.5, 0.6) is 0 Å².